The topological polar surface area (TPSA) is 80.1 Å². The Morgan fingerprint density at radius 2 is 2.19 bits per heavy atom. The fraction of sp³-hybridized carbons (Fsp3) is 0.357. The van der Waals surface area contributed by atoms with Gasteiger partial charge in [-0.05, 0) is 49.8 Å². The minimum atomic E-state index is -0.105. The van der Waals surface area contributed by atoms with Crippen molar-refractivity contribution < 1.29 is 13.9 Å². The summed E-state index contributed by atoms with van der Waals surface area (Å²) in [5.74, 6) is 0.302. The molecule has 2 aromatic rings. The van der Waals surface area contributed by atoms with E-state index >= 15 is 0 Å². The number of rotatable bonds is 3. The summed E-state index contributed by atoms with van der Waals surface area (Å²) in [5.41, 5.74) is 1.35. The van der Waals surface area contributed by atoms with Crippen LogP contribution < -0.4 is 5.32 Å². The monoisotopic (exact) mass is 305 g/mol. The molecule has 0 radical (unpaired) electrons. The zero-order valence-electron chi connectivity index (χ0n) is 11.5. The Morgan fingerprint density at radius 3 is 2.76 bits per heavy atom. The average Bonchev–Trinajstić information content (AvgIpc) is 3.08. The lowest BCUT2D eigenvalue weighted by molar-refractivity contribution is 0.0866. The van der Waals surface area contributed by atoms with E-state index in [9.17, 15) is 4.79 Å². The first-order valence-corrected chi connectivity index (χ1v) is 7.13. The van der Waals surface area contributed by atoms with Gasteiger partial charge in [0, 0.05) is 17.7 Å². The number of ether oxygens (including phenoxy) is 1. The number of carbonyl (C=O) groups excluding carboxylic acids is 1. The van der Waals surface area contributed by atoms with E-state index in [0.717, 1.165) is 12.0 Å². The van der Waals surface area contributed by atoms with Crippen LogP contribution in [0.1, 0.15) is 23.7 Å². The van der Waals surface area contributed by atoms with Crippen molar-refractivity contribution in [3.63, 3.8) is 0 Å². The lowest BCUT2D eigenvalue weighted by atomic mass is 10.1. The van der Waals surface area contributed by atoms with Gasteiger partial charge in [-0.25, -0.2) is 5.10 Å². The summed E-state index contributed by atoms with van der Waals surface area (Å²) in [5, 5.41) is 9.49. The van der Waals surface area contributed by atoms with Crippen molar-refractivity contribution in [1.82, 2.24) is 15.5 Å². The van der Waals surface area contributed by atoms with Gasteiger partial charge in [0.15, 0.2) is 0 Å². The standard InChI is InChI=1S/C14H15N3O3S/c1-8-11(6-7-19-8)15-12(18)9-2-4-10(5-3-9)13-16-17-14(21)20-13/h2-5,8,11H,6-7H2,1H3,(H,15,18)(H,17,21). The number of aromatic nitrogens is 2. The molecule has 0 spiro atoms. The van der Waals surface area contributed by atoms with Crippen molar-refractivity contribution in [2.24, 2.45) is 0 Å². The molecule has 1 aliphatic heterocycles. The molecule has 21 heavy (non-hydrogen) atoms. The molecular weight excluding hydrogens is 290 g/mol. The smallest absolute Gasteiger partial charge is 0.284 e. The van der Waals surface area contributed by atoms with Crippen LogP contribution in [0.25, 0.3) is 11.5 Å². The quantitative estimate of drug-likeness (QED) is 0.851. The number of carbonyl (C=O) groups is 1. The van der Waals surface area contributed by atoms with Crippen molar-refractivity contribution in [3.8, 4) is 11.5 Å². The number of benzene rings is 1. The van der Waals surface area contributed by atoms with E-state index in [2.05, 4.69) is 15.5 Å². The molecule has 2 heterocycles. The van der Waals surface area contributed by atoms with Crippen LogP contribution in [0.2, 0.25) is 0 Å². The van der Waals surface area contributed by atoms with E-state index in [-0.39, 0.29) is 22.9 Å². The van der Waals surface area contributed by atoms with Crippen molar-refractivity contribution in [3.05, 3.63) is 34.7 Å². The molecule has 6 nitrogen and oxygen atoms in total. The first kappa shape index (κ1) is 14.0. The van der Waals surface area contributed by atoms with Gasteiger partial charge >= 0.3 is 0 Å². The third kappa shape index (κ3) is 3.03. The molecule has 1 amide bonds. The summed E-state index contributed by atoms with van der Waals surface area (Å²) in [6, 6.07) is 7.09. The molecule has 1 aromatic heterocycles. The van der Waals surface area contributed by atoms with Crippen molar-refractivity contribution in [1.29, 1.82) is 0 Å². The fourth-order valence-corrected chi connectivity index (χ4v) is 2.42. The third-order valence-corrected chi connectivity index (χ3v) is 3.70. The van der Waals surface area contributed by atoms with E-state index < -0.39 is 0 Å². The number of hydrogen-bond donors (Lipinski definition) is 2. The van der Waals surface area contributed by atoms with E-state index in [0.29, 0.717) is 18.1 Å². The van der Waals surface area contributed by atoms with E-state index in [4.69, 9.17) is 21.4 Å². The van der Waals surface area contributed by atoms with Gasteiger partial charge in [0.05, 0.1) is 12.1 Å². The normalized spacial score (nSPS) is 21.4. The van der Waals surface area contributed by atoms with Crippen LogP contribution in [0.3, 0.4) is 0 Å². The van der Waals surface area contributed by atoms with E-state index in [1.165, 1.54) is 0 Å². The Kier molecular flexibility index (Phi) is 3.85. The summed E-state index contributed by atoms with van der Waals surface area (Å²) in [6.07, 6.45) is 0.903. The van der Waals surface area contributed by atoms with Gasteiger partial charge in [-0.3, -0.25) is 4.79 Å². The highest BCUT2D eigenvalue weighted by Gasteiger charge is 2.25. The number of nitrogens with one attached hydrogen (secondary N) is 2. The zero-order valence-corrected chi connectivity index (χ0v) is 12.3. The summed E-state index contributed by atoms with van der Waals surface area (Å²) in [4.78, 5) is 12.4. The first-order chi connectivity index (χ1) is 10.1. The van der Waals surface area contributed by atoms with Crippen LogP contribution in [0, 0.1) is 4.84 Å². The second-order valence-corrected chi connectivity index (χ2v) is 5.31. The Balaban J connectivity index is 1.71. The van der Waals surface area contributed by atoms with E-state index in [1.54, 1.807) is 24.3 Å². The van der Waals surface area contributed by atoms with Crippen LogP contribution in [0.5, 0.6) is 0 Å². The molecule has 2 unspecified atom stereocenters. The van der Waals surface area contributed by atoms with Gasteiger partial charge in [-0.1, -0.05) is 0 Å². The summed E-state index contributed by atoms with van der Waals surface area (Å²) in [7, 11) is 0. The molecule has 0 saturated carbocycles. The number of amides is 1. The van der Waals surface area contributed by atoms with Gasteiger partial charge in [0.25, 0.3) is 10.7 Å². The molecule has 1 fully saturated rings. The number of aromatic amines is 1. The molecule has 3 rings (SSSR count). The predicted octanol–water partition coefficient (Wildman–Crippen LogP) is 2.31. The largest absolute Gasteiger partial charge is 0.409 e. The van der Waals surface area contributed by atoms with Gasteiger partial charge in [-0.15, -0.1) is 5.10 Å². The number of H-pyrrole nitrogens is 1. The molecule has 0 aliphatic carbocycles. The molecule has 0 bridgehead atoms. The molecule has 2 atom stereocenters. The molecule has 1 aliphatic rings. The zero-order chi connectivity index (χ0) is 14.8. The van der Waals surface area contributed by atoms with Gasteiger partial charge in [-0.2, -0.15) is 0 Å². The van der Waals surface area contributed by atoms with Crippen LogP contribution >= 0.6 is 12.2 Å². The summed E-state index contributed by atoms with van der Waals surface area (Å²) < 4.78 is 10.7. The highest BCUT2D eigenvalue weighted by molar-refractivity contribution is 7.71. The minimum absolute atomic E-state index is 0.0570. The van der Waals surface area contributed by atoms with Crippen LogP contribution in [0.4, 0.5) is 0 Å². The molecule has 110 valence electrons. The van der Waals surface area contributed by atoms with Crippen LogP contribution in [0.15, 0.2) is 28.7 Å². The maximum absolute atomic E-state index is 12.2. The Bertz CT molecular complexity index is 692. The van der Waals surface area contributed by atoms with E-state index in [1.807, 2.05) is 6.92 Å². The number of nitrogens with zero attached hydrogens (tertiary/aromatic N) is 1. The highest BCUT2D eigenvalue weighted by atomic mass is 32.1. The van der Waals surface area contributed by atoms with Gasteiger partial charge in [0.2, 0.25) is 5.89 Å². The second kappa shape index (κ2) is 5.79. The lowest BCUT2D eigenvalue weighted by Gasteiger charge is -2.15. The Hall–Kier alpha value is -1.99. The predicted molar refractivity (Wildman–Crippen MR) is 78.4 cm³/mol. The maximum Gasteiger partial charge on any atom is 0.284 e. The molecular formula is C14H15N3O3S. The first-order valence-electron chi connectivity index (χ1n) is 6.72. The van der Waals surface area contributed by atoms with Crippen LogP contribution in [-0.4, -0.2) is 34.9 Å². The Morgan fingerprint density at radius 1 is 1.43 bits per heavy atom. The second-order valence-electron chi connectivity index (χ2n) is 4.94. The van der Waals surface area contributed by atoms with Gasteiger partial charge in [0.1, 0.15) is 0 Å². The Labute approximate surface area is 126 Å². The highest BCUT2D eigenvalue weighted by Crippen LogP contribution is 2.18. The minimum Gasteiger partial charge on any atom is -0.409 e. The van der Waals surface area contributed by atoms with Crippen molar-refractivity contribution in [2.45, 2.75) is 25.5 Å². The molecule has 1 saturated heterocycles. The molecule has 2 N–H and O–H groups in total. The van der Waals surface area contributed by atoms with Crippen LogP contribution in [-0.2, 0) is 4.74 Å². The maximum atomic E-state index is 12.2. The molecule has 7 heteroatoms. The van der Waals surface area contributed by atoms with Crippen molar-refractivity contribution >= 4 is 18.1 Å². The fourth-order valence-electron chi connectivity index (χ4n) is 2.29. The summed E-state index contributed by atoms with van der Waals surface area (Å²) >= 11 is 4.83. The SMILES string of the molecule is CC1OCCC1NC(=O)c1ccc(-c2n[nH]c(=S)o2)cc1. The summed E-state index contributed by atoms with van der Waals surface area (Å²) in [6.45, 7) is 2.65. The lowest BCUT2D eigenvalue weighted by Crippen LogP contribution is -2.39. The molecule has 1 aromatic carbocycles. The third-order valence-electron chi connectivity index (χ3n) is 3.52. The van der Waals surface area contributed by atoms with Crippen molar-refractivity contribution in [2.75, 3.05) is 6.61 Å². The van der Waals surface area contributed by atoms with Gasteiger partial charge < -0.3 is 14.5 Å². The number of hydrogen-bond acceptors (Lipinski definition) is 5. The average molecular weight is 305 g/mol.